The van der Waals surface area contributed by atoms with Crippen molar-refractivity contribution in [2.24, 2.45) is 10.2 Å². The van der Waals surface area contributed by atoms with E-state index in [-0.39, 0.29) is 5.69 Å². The third-order valence-electron chi connectivity index (χ3n) is 5.44. The zero-order chi connectivity index (χ0) is 26.3. The fourth-order valence-corrected chi connectivity index (χ4v) is 3.72. The molecule has 1 fully saturated rings. The molecule has 1 N–H and O–H groups in total. The fraction of sp³-hybridized carbons (Fsp3) is 0.458. The number of rotatable bonds is 8. The van der Waals surface area contributed by atoms with Crippen LogP contribution in [0.1, 0.15) is 19.4 Å². The summed E-state index contributed by atoms with van der Waals surface area (Å²) in [5, 5.41) is 10.5. The van der Waals surface area contributed by atoms with Crippen molar-refractivity contribution in [1.82, 2.24) is 0 Å². The minimum atomic E-state index is -4.41. The summed E-state index contributed by atoms with van der Waals surface area (Å²) < 4.78 is 65.9. The molecule has 196 valence electrons. The molecule has 36 heavy (non-hydrogen) atoms. The number of nitrogens with zero attached hydrogens (tertiary/aromatic N) is 2. The Hall–Kier alpha value is -3.06. The van der Waals surface area contributed by atoms with Gasteiger partial charge in [-0.05, 0) is 62.4 Å². The Morgan fingerprint density at radius 2 is 1.50 bits per heavy atom. The minimum absolute atomic E-state index is 0.268. The second kappa shape index (κ2) is 12.3. The first kappa shape index (κ1) is 27.5. The third kappa shape index (κ3) is 7.00. The van der Waals surface area contributed by atoms with E-state index in [2.05, 4.69) is 15.5 Å². The molecule has 0 saturated carbocycles. The van der Waals surface area contributed by atoms with Crippen molar-refractivity contribution < 1.29 is 41.7 Å². The quantitative estimate of drug-likeness (QED) is 0.447. The average molecular weight is 511 g/mol. The van der Waals surface area contributed by atoms with Crippen LogP contribution in [0.4, 0.5) is 35.0 Å². The molecule has 1 aliphatic heterocycles. The zero-order valence-corrected chi connectivity index (χ0v) is 20.2. The van der Waals surface area contributed by atoms with Crippen molar-refractivity contribution >= 4 is 23.2 Å². The van der Waals surface area contributed by atoms with Gasteiger partial charge in [0.05, 0.1) is 23.0 Å². The molecule has 1 aliphatic rings. The Morgan fingerprint density at radius 1 is 0.944 bits per heavy atom. The van der Waals surface area contributed by atoms with E-state index in [4.69, 9.17) is 23.7 Å². The highest BCUT2D eigenvalue weighted by Crippen LogP contribution is 2.31. The van der Waals surface area contributed by atoms with Crippen LogP contribution in [-0.4, -0.2) is 57.6 Å². The first-order valence-electron chi connectivity index (χ1n) is 11.2. The van der Waals surface area contributed by atoms with Crippen LogP contribution in [0.25, 0.3) is 0 Å². The van der Waals surface area contributed by atoms with Crippen LogP contribution in [-0.2, 0) is 29.9 Å². The summed E-state index contributed by atoms with van der Waals surface area (Å²) >= 11 is 0. The van der Waals surface area contributed by atoms with Crippen molar-refractivity contribution in [3.63, 3.8) is 0 Å². The van der Waals surface area contributed by atoms with Gasteiger partial charge in [-0.1, -0.05) is 0 Å². The average Bonchev–Trinajstić information content (AvgIpc) is 2.84. The van der Waals surface area contributed by atoms with Crippen LogP contribution in [0.3, 0.4) is 0 Å². The summed E-state index contributed by atoms with van der Waals surface area (Å²) in [4.78, 5) is 12.5. The van der Waals surface area contributed by atoms with E-state index in [1.807, 2.05) is 6.92 Å². The standard InChI is InChI=1S/C24H28F3N3O6/c1-5-34-20-19(32-3)14(2)35-22(21(20)33-4)36-23(31)28-16-10-12-18(13-11-16)30-29-17-8-6-15(7-9-17)24(25,26)27/h6-14,19-22H,5H2,1-4H3,(H,28,31). The van der Waals surface area contributed by atoms with E-state index in [1.54, 1.807) is 38.3 Å². The van der Waals surface area contributed by atoms with E-state index < -0.39 is 48.5 Å². The zero-order valence-electron chi connectivity index (χ0n) is 20.2. The Kier molecular flexibility index (Phi) is 9.37. The van der Waals surface area contributed by atoms with Crippen LogP contribution in [0.15, 0.2) is 58.8 Å². The van der Waals surface area contributed by atoms with Gasteiger partial charge in [0.15, 0.2) is 0 Å². The number of alkyl halides is 3. The van der Waals surface area contributed by atoms with E-state index >= 15 is 0 Å². The van der Waals surface area contributed by atoms with Gasteiger partial charge >= 0.3 is 12.3 Å². The molecular formula is C24H28F3N3O6. The largest absolute Gasteiger partial charge is 0.416 e. The van der Waals surface area contributed by atoms with Crippen LogP contribution >= 0.6 is 0 Å². The Morgan fingerprint density at radius 3 is 2.00 bits per heavy atom. The highest BCUT2D eigenvalue weighted by molar-refractivity contribution is 5.84. The van der Waals surface area contributed by atoms with Gasteiger partial charge in [-0.2, -0.15) is 23.4 Å². The summed E-state index contributed by atoms with van der Waals surface area (Å²) in [5.41, 5.74) is 0.357. The van der Waals surface area contributed by atoms with Gasteiger partial charge in [0.1, 0.15) is 18.3 Å². The smallest absolute Gasteiger partial charge is 0.416 e. The SMILES string of the molecule is CCOC1C(OC)C(C)OC(OC(=O)Nc2ccc(N=Nc3ccc(C(F)(F)F)cc3)cc2)C1OC. The van der Waals surface area contributed by atoms with Crippen molar-refractivity contribution in [2.75, 3.05) is 26.1 Å². The molecule has 0 radical (unpaired) electrons. The first-order chi connectivity index (χ1) is 17.2. The van der Waals surface area contributed by atoms with Gasteiger partial charge in [0.25, 0.3) is 0 Å². The van der Waals surface area contributed by atoms with Crippen molar-refractivity contribution in [1.29, 1.82) is 0 Å². The second-order valence-electron chi connectivity index (χ2n) is 7.85. The number of azo groups is 1. The number of nitrogens with one attached hydrogen (secondary N) is 1. The molecule has 2 aromatic rings. The molecule has 1 amide bonds. The number of benzene rings is 2. The third-order valence-corrected chi connectivity index (χ3v) is 5.44. The van der Waals surface area contributed by atoms with Crippen LogP contribution in [0, 0.1) is 0 Å². The van der Waals surface area contributed by atoms with Crippen LogP contribution in [0.2, 0.25) is 0 Å². The van der Waals surface area contributed by atoms with E-state index in [1.165, 1.54) is 19.2 Å². The topological polar surface area (TPSA) is 100.0 Å². The molecule has 2 aromatic carbocycles. The summed E-state index contributed by atoms with van der Waals surface area (Å²) in [6.45, 7) is 4.05. The van der Waals surface area contributed by atoms with Gasteiger partial charge < -0.3 is 23.7 Å². The molecule has 1 heterocycles. The molecule has 0 bridgehead atoms. The maximum Gasteiger partial charge on any atom is 0.416 e. The highest BCUT2D eigenvalue weighted by atomic mass is 19.4. The van der Waals surface area contributed by atoms with Gasteiger partial charge in [0, 0.05) is 26.5 Å². The van der Waals surface area contributed by atoms with Crippen LogP contribution in [0.5, 0.6) is 0 Å². The maximum absolute atomic E-state index is 12.6. The van der Waals surface area contributed by atoms with E-state index in [9.17, 15) is 18.0 Å². The number of halogens is 3. The highest BCUT2D eigenvalue weighted by Gasteiger charge is 2.47. The number of carbonyl (C=O) groups excluding carboxylic acids is 1. The Bertz CT molecular complexity index is 1020. The number of amides is 1. The van der Waals surface area contributed by atoms with Crippen molar-refractivity contribution in [3.05, 3.63) is 54.1 Å². The molecular weight excluding hydrogens is 483 g/mol. The monoisotopic (exact) mass is 511 g/mol. The van der Waals surface area contributed by atoms with Crippen LogP contribution < -0.4 is 5.32 Å². The minimum Gasteiger partial charge on any atom is -0.416 e. The Labute approximate surface area is 206 Å². The molecule has 9 nitrogen and oxygen atoms in total. The maximum atomic E-state index is 12.6. The number of hydrogen-bond acceptors (Lipinski definition) is 8. The van der Waals surface area contributed by atoms with Gasteiger partial charge in [-0.15, -0.1) is 0 Å². The first-order valence-corrected chi connectivity index (χ1v) is 11.2. The predicted molar refractivity (Wildman–Crippen MR) is 124 cm³/mol. The fourth-order valence-electron chi connectivity index (χ4n) is 3.72. The molecule has 12 heteroatoms. The second-order valence-corrected chi connectivity index (χ2v) is 7.85. The molecule has 5 atom stereocenters. The molecule has 0 aromatic heterocycles. The summed E-state index contributed by atoms with van der Waals surface area (Å²) in [5.74, 6) is 0. The number of ether oxygens (including phenoxy) is 5. The van der Waals surface area contributed by atoms with E-state index in [0.717, 1.165) is 12.1 Å². The lowest BCUT2D eigenvalue weighted by Gasteiger charge is -2.43. The van der Waals surface area contributed by atoms with Gasteiger partial charge in [-0.3, -0.25) is 5.32 Å². The van der Waals surface area contributed by atoms with Gasteiger partial charge in [-0.25, -0.2) is 4.79 Å². The summed E-state index contributed by atoms with van der Waals surface area (Å²) in [6, 6.07) is 10.6. The normalized spacial score (nSPS) is 24.6. The van der Waals surface area contributed by atoms with Gasteiger partial charge in [0.2, 0.25) is 6.29 Å². The number of anilines is 1. The lowest BCUT2D eigenvalue weighted by Crippen LogP contribution is -2.60. The molecule has 0 aliphatic carbocycles. The number of carbonyl (C=O) groups is 1. The number of hydrogen-bond donors (Lipinski definition) is 1. The van der Waals surface area contributed by atoms with E-state index in [0.29, 0.717) is 18.0 Å². The molecule has 0 spiro atoms. The lowest BCUT2D eigenvalue weighted by molar-refractivity contribution is -0.292. The summed E-state index contributed by atoms with van der Waals surface area (Å²) in [6.07, 6.45) is -8.22. The summed E-state index contributed by atoms with van der Waals surface area (Å²) in [7, 11) is 3.01. The molecule has 3 rings (SSSR count). The molecule has 1 saturated heterocycles. The number of methoxy groups -OCH3 is 2. The molecule has 5 unspecified atom stereocenters. The van der Waals surface area contributed by atoms with Crippen molar-refractivity contribution in [2.45, 2.75) is 50.7 Å². The lowest BCUT2D eigenvalue weighted by atomic mass is 9.99. The Balaban J connectivity index is 1.59. The predicted octanol–water partition coefficient (Wildman–Crippen LogP) is 5.85. The van der Waals surface area contributed by atoms with Crippen molar-refractivity contribution in [3.8, 4) is 0 Å².